The van der Waals surface area contributed by atoms with Crippen LogP contribution in [0.25, 0.3) is 10.9 Å². The molecule has 0 aliphatic carbocycles. The molecule has 1 unspecified atom stereocenters. The number of aryl methyl sites for hydroxylation is 2. The van der Waals surface area contributed by atoms with Crippen molar-refractivity contribution in [1.82, 2.24) is 4.98 Å². The Kier molecular flexibility index (Phi) is 6.64. The molecule has 3 aromatic rings. The zero-order valence-electron chi connectivity index (χ0n) is 17.4. The third-order valence-electron chi connectivity index (χ3n) is 4.82. The molecule has 0 aliphatic heterocycles. The van der Waals surface area contributed by atoms with Crippen molar-refractivity contribution >= 4 is 34.3 Å². The molecule has 0 fully saturated rings. The smallest absolute Gasteiger partial charge is 0.238 e. The molecular formula is C23H26N2O3S. The largest absolute Gasteiger partial charge is 0.497 e. The number of anilines is 1. The lowest BCUT2D eigenvalue weighted by Crippen LogP contribution is -2.25. The predicted octanol–water partition coefficient (Wildman–Crippen LogP) is 5.38. The van der Waals surface area contributed by atoms with Crippen molar-refractivity contribution in [2.24, 2.45) is 0 Å². The summed E-state index contributed by atoms with van der Waals surface area (Å²) < 4.78 is 10.6. The van der Waals surface area contributed by atoms with E-state index in [2.05, 4.69) is 37.4 Å². The summed E-state index contributed by atoms with van der Waals surface area (Å²) in [5.74, 6) is 1.16. The maximum atomic E-state index is 12.9. The van der Waals surface area contributed by atoms with E-state index in [4.69, 9.17) is 14.5 Å². The van der Waals surface area contributed by atoms with Gasteiger partial charge in [0.2, 0.25) is 5.91 Å². The molecule has 3 rings (SSSR count). The van der Waals surface area contributed by atoms with Gasteiger partial charge in [0.25, 0.3) is 0 Å². The van der Waals surface area contributed by atoms with Gasteiger partial charge in [0.05, 0.1) is 35.7 Å². The van der Waals surface area contributed by atoms with Crippen LogP contribution < -0.4 is 14.8 Å². The van der Waals surface area contributed by atoms with E-state index < -0.39 is 0 Å². The second-order valence-corrected chi connectivity index (χ2v) is 8.04. The topological polar surface area (TPSA) is 60.5 Å². The van der Waals surface area contributed by atoms with E-state index in [9.17, 15) is 4.79 Å². The molecule has 0 saturated heterocycles. The molecule has 0 spiro atoms. The van der Waals surface area contributed by atoms with Gasteiger partial charge in [-0.05, 0) is 49.6 Å². The second-order valence-electron chi connectivity index (χ2n) is 6.82. The van der Waals surface area contributed by atoms with Crippen molar-refractivity contribution in [2.75, 3.05) is 19.5 Å². The lowest BCUT2D eigenvalue weighted by atomic mass is 10.1. The van der Waals surface area contributed by atoms with Gasteiger partial charge in [-0.1, -0.05) is 36.9 Å². The molecule has 6 heteroatoms. The first-order valence-corrected chi connectivity index (χ1v) is 10.4. The molecule has 0 saturated carbocycles. The minimum absolute atomic E-state index is 0.0784. The van der Waals surface area contributed by atoms with Gasteiger partial charge in [-0.2, -0.15) is 0 Å². The van der Waals surface area contributed by atoms with E-state index in [1.165, 1.54) is 11.8 Å². The summed E-state index contributed by atoms with van der Waals surface area (Å²) in [6.07, 6.45) is 0.682. The van der Waals surface area contributed by atoms with Crippen molar-refractivity contribution in [3.05, 3.63) is 53.6 Å². The molecule has 1 aromatic heterocycles. The minimum atomic E-state index is -0.268. The summed E-state index contributed by atoms with van der Waals surface area (Å²) in [7, 11) is 3.16. The summed E-state index contributed by atoms with van der Waals surface area (Å²) in [5, 5.41) is 4.71. The van der Waals surface area contributed by atoms with Crippen LogP contribution in [-0.2, 0) is 4.79 Å². The van der Waals surface area contributed by atoms with Gasteiger partial charge in [-0.3, -0.25) is 4.79 Å². The number of rotatable bonds is 7. The molecule has 0 bridgehead atoms. The van der Waals surface area contributed by atoms with Crippen LogP contribution in [0.2, 0.25) is 0 Å². The summed E-state index contributed by atoms with van der Waals surface area (Å²) in [6.45, 7) is 6.14. The molecule has 2 aromatic carbocycles. The number of amides is 1. The first-order chi connectivity index (χ1) is 14.0. The number of para-hydroxylation sites is 1. The SMILES string of the molecule is CCC(Sc1cc(C)c2cccc(C)c2n1)C(=O)Nc1ccc(OC)cc1OC. The van der Waals surface area contributed by atoms with Gasteiger partial charge in [0.15, 0.2) is 0 Å². The molecular weight excluding hydrogens is 384 g/mol. The number of aromatic nitrogens is 1. The van der Waals surface area contributed by atoms with Crippen LogP contribution in [0.3, 0.4) is 0 Å². The Bertz CT molecular complexity index is 1040. The molecule has 0 aliphatic rings. The van der Waals surface area contributed by atoms with Crippen molar-refractivity contribution in [2.45, 2.75) is 37.5 Å². The summed E-state index contributed by atoms with van der Waals surface area (Å²) in [4.78, 5) is 17.8. The molecule has 1 amide bonds. The Balaban J connectivity index is 1.82. The molecule has 5 nitrogen and oxygen atoms in total. The maximum Gasteiger partial charge on any atom is 0.238 e. The van der Waals surface area contributed by atoms with Crippen LogP contribution in [-0.4, -0.2) is 30.4 Å². The molecule has 1 atom stereocenters. The Morgan fingerprint density at radius 3 is 2.59 bits per heavy atom. The fourth-order valence-corrected chi connectivity index (χ4v) is 4.19. The summed E-state index contributed by atoms with van der Waals surface area (Å²) >= 11 is 1.49. The number of carbonyl (C=O) groups is 1. The number of fused-ring (bicyclic) bond motifs is 1. The van der Waals surface area contributed by atoms with Crippen LogP contribution in [0.5, 0.6) is 11.5 Å². The van der Waals surface area contributed by atoms with Crippen LogP contribution in [0, 0.1) is 13.8 Å². The highest BCUT2D eigenvalue weighted by molar-refractivity contribution is 8.00. The van der Waals surface area contributed by atoms with Gasteiger partial charge in [0, 0.05) is 11.5 Å². The zero-order valence-corrected chi connectivity index (χ0v) is 18.2. The Morgan fingerprint density at radius 2 is 1.90 bits per heavy atom. The number of thioether (sulfide) groups is 1. The monoisotopic (exact) mass is 410 g/mol. The lowest BCUT2D eigenvalue weighted by molar-refractivity contribution is -0.115. The van der Waals surface area contributed by atoms with Crippen LogP contribution in [0.1, 0.15) is 24.5 Å². The minimum Gasteiger partial charge on any atom is -0.497 e. The van der Waals surface area contributed by atoms with E-state index in [1.54, 1.807) is 32.4 Å². The van der Waals surface area contributed by atoms with Crippen molar-refractivity contribution < 1.29 is 14.3 Å². The Labute approximate surface area is 175 Å². The number of ether oxygens (including phenoxy) is 2. The van der Waals surface area contributed by atoms with E-state index in [0.717, 1.165) is 27.1 Å². The Morgan fingerprint density at radius 1 is 1.10 bits per heavy atom. The fourth-order valence-electron chi connectivity index (χ4n) is 3.17. The highest BCUT2D eigenvalue weighted by atomic mass is 32.2. The summed E-state index contributed by atoms with van der Waals surface area (Å²) in [5.41, 5.74) is 3.90. The van der Waals surface area contributed by atoms with Crippen LogP contribution in [0.15, 0.2) is 47.5 Å². The standard InChI is InChI=1S/C23H26N2O3S/c1-6-20(23(26)24-18-11-10-16(27-4)13-19(18)28-5)29-21-12-15(3)17-9-7-8-14(2)22(17)25-21/h7-13,20H,6H2,1-5H3,(H,24,26). The number of nitrogens with one attached hydrogen (secondary N) is 1. The summed E-state index contributed by atoms with van der Waals surface area (Å²) in [6, 6.07) is 13.6. The maximum absolute atomic E-state index is 12.9. The third-order valence-corrected chi connectivity index (χ3v) is 6.10. The molecule has 0 radical (unpaired) electrons. The Hall–Kier alpha value is -2.73. The van der Waals surface area contributed by atoms with Crippen molar-refractivity contribution in [3.8, 4) is 11.5 Å². The molecule has 1 heterocycles. The normalized spacial score (nSPS) is 11.9. The highest BCUT2D eigenvalue weighted by Gasteiger charge is 2.21. The van der Waals surface area contributed by atoms with Crippen LogP contribution >= 0.6 is 11.8 Å². The number of benzene rings is 2. The predicted molar refractivity (Wildman–Crippen MR) is 119 cm³/mol. The average Bonchev–Trinajstić information content (AvgIpc) is 2.73. The highest BCUT2D eigenvalue weighted by Crippen LogP contribution is 2.32. The number of hydrogen-bond acceptors (Lipinski definition) is 5. The van der Waals surface area contributed by atoms with E-state index >= 15 is 0 Å². The van der Waals surface area contributed by atoms with Crippen LogP contribution in [0.4, 0.5) is 5.69 Å². The lowest BCUT2D eigenvalue weighted by Gasteiger charge is -2.17. The fraction of sp³-hybridized carbons (Fsp3) is 0.304. The van der Waals surface area contributed by atoms with E-state index in [-0.39, 0.29) is 11.2 Å². The third kappa shape index (κ3) is 4.65. The number of carbonyl (C=O) groups excluding carboxylic acids is 1. The second kappa shape index (κ2) is 9.18. The van der Waals surface area contributed by atoms with Gasteiger partial charge in [-0.15, -0.1) is 0 Å². The number of nitrogens with zero attached hydrogens (tertiary/aromatic N) is 1. The first kappa shape index (κ1) is 21.0. The molecule has 1 N–H and O–H groups in total. The average molecular weight is 411 g/mol. The van der Waals surface area contributed by atoms with Gasteiger partial charge >= 0.3 is 0 Å². The molecule has 29 heavy (non-hydrogen) atoms. The van der Waals surface area contributed by atoms with Gasteiger partial charge in [0.1, 0.15) is 11.5 Å². The van der Waals surface area contributed by atoms with E-state index in [0.29, 0.717) is 23.6 Å². The molecule has 152 valence electrons. The first-order valence-electron chi connectivity index (χ1n) is 9.53. The number of methoxy groups -OCH3 is 2. The van der Waals surface area contributed by atoms with Gasteiger partial charge < -0.3 is 14.8 Å². The number of hydrogen-bond donors (Lipinski definition) is 1. The van der Waals surface area contributed by atoms with Gasteiger partial charge in [-0.25, -0.2) is 4.98 Å². The van der Waals surface area contributed by atoms with Crippen molar-refractivity contribution in [1.29, 1.82) is 0 Å². The number of pyridine rings is 1. The van der Waals surface area contributed by atoms with Crippen molar-refractivity contribution in [3.63, 3.8) is 0 Å². The zero-order chi connectivity index (χ0) is 21.0. The van der Waals surface area contributed by atoms with E-state index in [1.807, 2.05) is 13.0 Å². The quantitative estimate of drug-likeness (QED) is 0.530.